The number of aryl methyl sites for hydroxylation is 22. The van der Waals surface area contributed by atoms with E-state index >= 15 is 0 Å². The van der Waals surface area contributed by atoms with Crippen LogP contribution in [-0.2, 0) is 0 Å². The molecule has 0 fully saturated rings. The molecule has 13 rings (SSSR count). The monoisotopic (exact) mass is 1340 g/mol. The Morgan fingerprint density at radius 3 is 1.06 bits per heavy atom. The minimum Gasteiger partial charge on any atom is -0.258 e. The lowest BCUT2D eigenvalue weighted by atomic mass is 10.0. The van der Waals surface area contributed by atoms with E-state index in [2.05, 4.69) is 215 Å². The summed E-state index contributed by atoms with van der Waals surface area (Å²) in [6.07, 6.45) is 20.8. The third-order valence-electron chi connectivity index (χ3n) is 13.9. The van der Waals surface area contributed by atoms with Gasteiger partial charge in [0.25, 0.3) is 0 Å². The maximum Gasteiger partial charge on any atom is 0.125 e. The molecular weight excluding hydrogens is 1240 g/mol. The summed E-state index contributed by atoms with van der Waals surface area (Å²) in [7, 11) is 0. The molecule has 0 aliphatic rings. The average Bonchev–Trinajstić information content (AvgIpc) is 0.876. The van der Waals surface area contributed by atoms with E-state index in [1.165, 1.54) is 61.2 Å². The van der Waals surface area contributed by atoms with E-state index in [9.17, 15) is 0 Å². The van der Waals surface area contributed by atoms with Gasteiger partial charge in [0.15, 0.2) is 0 Å². The van der Waals surface area contributed by atoms with Crippen molar-refractivity contribution >= 4 is 0 Å². The van der Waals surface area contributed by atoms with Crippen LogP contribution < -0.4 is 0 Å². The molecule has 0 unspecified atom stereocenters. The predicted octanol–water partition coefficient (Wildman–Crippen LogP) is 17.8. The summed E-state index contributed by atoms with van der Waals surface area (Å²) in [6, 6.07) is 46.1. The Labute approximate surface area is 594 Å². The molecular formula is C82H100N18. The van der Waals surface area contributed by atoms with Gasteiger partial charge in [-0.25, -0.2) is 39.9 Å². The second-order valence-electron chi connectivity index (χ2n) is 23.8. The number of hydrogen-bond acceptors (Lipinski definition) is 18. The molecule has 0 aliphatic carbocycles. The van der Waals surface area contributed by atoms with Crippen molar-refractivity contribution in [3.63, 3.8) is 0 Å². The van der Waals surface area contributed by atoms with Crippen molar-refractivity contribution in [3.8, 4) is 22.3 Å². The fourth-order valence-electron chi connectivity index (χ4n) is 7.58. The van der Waals surface area contributed by atoms with Crippen molar-refractivity contribution in [1.29, 1.82) is 0 Å². The highest BCUT2D eigenvalue weighted by Gasteiger charge is 1.98. The maximum absolute atomic E-state index is 4.06. The minimum atomic E-state index is 0.829. The van der Waals surface area contributed by atoms with E-state index in [0.29, 0.717) is 0 Å². The normalized spacial score (nSPS) is 9.50. The minimum absolute atomic E-state index is 0.829. The lowest BCUT2D eigenvalue weighted by Crippen LogP contribution is -1.86. The first-order chi connectivity index (χ1) is 47.6. The molecule has 518 valence electrons. The summed E-state index contributed by atoms with van der Waals surface area (Å²) in [6.45, 7) is 43.6. The summed E-state index contributed by atoms with van der Waals surface area (Å²) in [5, 5.41) is 30.1. The van der Waals surface area contributed by atoms with Crippen molar-refractivity contribution in [1.82, 2.24) is 90.6 Å². The highest BCUT2D eigenvalue weighted by atomic mass is 15.1. The van der Waals surface area contributed by atoms with Crippen LogP contribution in [0.4, 0.5) is 0 Å². The third kappa shape index (κ3) is 37.8. The quantitative estimate of drug-likeness (QED) is 0.156. The molecule has 18 heteroatoms. The van der Waals surface area contributed by atoms with E-state index in [-0.39, 0.29) is 0 Å². The maximum atomic E-state index is 4.06. The zero-order chi connectivity index (χ0) is 73.8. The molecule has 4 aromatic carbocycles. The molecule has 0 amide bonds. The summed E-state index contributed by atoms with van der Waals surface area (Å²) in [5.74, 6) is 1.67. The number of nitrogens with zero attached hydrogens (tertiary/aromatic N) is 18. The van der Waals surface area contributed by atoms with Gasteiger partial charge in [-0.05, 0) is 244 Å². The summed E-state index contributed by atoms with van der Waals surface area (Å²) < 4.78 is 0. The topological polar surface area (TPSA) is 232 Å². The van der Waals surface area contributed by atoms with Crippen LogP contribution in [0.5, 0.6) is 0 Å². The molecule has 0 N–H and O–H groups in total. The molecule has 0 saturated carbocycles. The highest BCUT2D eigenvalue weighted by Crippen LogP contribution is 2.21. The van der Waals surface area contributed by atoms with Gasteiger partial charge in [-0.15, -0.1) is 0 Å². The summed E-state index contributed by atoms with van der Waals surface area (Å²) in [4.78, 5) is 39.6. The highest BCUT2D eigenvalue weighted by molar-refractivity contribution is 5.65. The first kappa shape index (κ1) is 82.8. The largest absolute Gasteiger partial charge is 0.258 e. The molecule has 100 heavy (non-hydrogen) atoms. The second-order valence-corrected chi connectivity index (χ2v) is 23.8. The Morgan fingerprint density at radius 2 is 0.730 bits per heavy atom. The number of benzene rings is 4. The summed E-state index contributed by atoms with van der Waals surface area (Å²) >= 11 is 0. The van der Waals surface area contributed by atoms with Gasteiger partial charge in [0.1, 0.15) is 24.3 Å². The average molecular weight is 1340 g/mol. The van der Waals surface area contributed by atoms with Crippen molar-refractivity contribution in [2.24, 2.45) is 0 Å². The molecule has 0 bridgehead atoms. The first-order valence-corrected chi connectivity index (χ1v) is 32.7. The standard InChI is InChI=1S/2C14H14.9C6H8N2/c1-11-3-7-13(8-4-11)14-9-5-12(2)6-10-14;1-11-6-8-13(9-7-11)14-5-3-4-12(2)10-14;1-5-3-7-4-8-6(5)2;1-5-3-8-6(2)4-7-5;1-5-3-7-8-4-6(5)2;1-5-3-6(2)8-4-7-5;1-5-3-7-6(2)8-4-5;1-5-3-6(2)8-7-4-5;1-5-3-4-7-6(2)8-5;1-5-3-4-7-8-6(5)2;1-5-3-4-6(2)8-7-5/h2*3-10H,1-2H3;9*3-4H,1-2H3. The van der Waals surface area contributed by atoms with Crippen LogP contribution in [0.15, 0.2) is 208 Å². The number of rotatable bonds is 2. The van der Waals surface area contributed by atoms with E-state index in [4.69, 9.17) is 0 Å². The van der Waals surface area contributed by atoms with Crippen LogP contribution in [-0.4, -0.2) is 90.6 Å². The van der Waals surface area contributed by atoms with Crippen molar-refractivity contribution < 1.29 is 0 Å². The molecule has 13 aromatic rings. The zero-order valence-corrected chi connectivity index (χ0v) is 62.7. The van der Waals surface area contributed by atoms with Gasteiger partial charge in [0.2, 0.25) is 0 Å². The zero-order valence-electron chi connectivity index (χ0n) is 62.7. The van der Waals surface area contributed by atoms with Crippen LogP contribution in [0, 0.1) is 152 Å². The van der Waals surface area contributed by atoms with Gasteiger partial charge in [0, 0.05) is 66.2 Å². The predicted molar refractivity (Wildman–Crippen MR) is 406 cm³/mol. The molecule has 9 aromatic heterocycles. The van der Waals surface area contributed by atoms with Crippen LogP contribution in [0.1, 0.15) is 124 Å². The summed E-state index contributed by atoms with van der Waals surface area (Å²) in [5.41, 5.74) is 27.4. The molecule has 0 saturated heterocycles. The Bertz CT molecular complexity index is 3830. The fourth-order valence-corrected chi connectivity index (χ4v) is 7.58. The lowest BCUT2D eigenvalue weighted by Gasteiger charge is -2.02. The molecule has 18 nitrogen and oxygen atoms in total. The molecule has 0 atom stereocenters. The Hall–Kier alpha value is -11.4. The van der Waals surface area contributed by atoms with Crippen LogP contribution in [0.25, 0.3) is 22.3 Å². The Balaban J connectivity index is 0.000000289. The van der Waals surface area contributed by atoms with E-state index in [0.717, 1.165) is 85.3 Å². The van der Waals surface area contributed by atoms with Crippen LogP contribution in [0.2, 0.25) is 0 Å². The second kappa shape index (κ2) is 46.7. The third-order valence-corrected chi connectivity index (χ3v) is 13.9. The van der Waals surface area contributed by atoms with Gasteiger partial charge in [-0.1, -0.05) is 119 Å². The lowest BCUT2D eigenvalue weighted by molar-refractivity contribution is 0.941. The molecule has 0 aliphatic heterocycles. The fraction of sp³-hybridized carbons (Fsp3) is 0.268. The van der Waals surface area contributed by atoms with Gasteiger partial charge in [-0.2, -0.15) is 40.8 Å². The van der Waals surface area contributed by atoms with Gasteiger partial charge < -0.3 is 0 Å². The first-order valence-electron chi connectivity index (χ1n) is 32.7. The van der Waals surface area contributed by atoms with Gasteiger partial charge >= 0.3 is 0 Å². The SMILES string of the molecule is Cc1cc(C)ncn1.Cc1ccc(-c2ccc(C)cc2)cc1.Cc1ccc(-c2cccc(C)c2)cc1.Cc1ccc(C)nn1.Cc1ccnc(C)n1.Cc1ccnnc1C.Cc1cnc(C)cn1.Cc1cnc(C)nc1.Cc1cncnc1C.Cc1cnnc(C)c1.Cc1cnncc1C. The van der Waals surface area contributed by atoms with Crippen LogP contribution in [0.3, 0.4) is 0 Å². The number of aromatic nitrogens is 18. The van der Waals surface area contributed by atoms with Gasteiger partial charge in [0.05, 0.1) is 52.8 Å². The van der Waals surface area contributed by atoms with Crippen molar-refractivity contribution in [2.45, 2.75) is 152 Å². The Kier molecular flexibility index (Phi) is 38.7. The molecule has 0 radical (unpaired) electrons. The number of hydrogen-bond donors (Lipinski definition) is 0. The molecule has 0 spiro atoms. The van der Waals surface area contributed by atoms with Gasteiger partial charge in [-0.3, -0.25) is 9.97 Å². The van der Waals surface area contributed by atoms with E-state index in [1.807, 2.05) is 180 Å². The van der Waals surface area contributed by atoms with Crippen molar-refractivity contribution in [3.05, 3.63) is 332 Å². The van der Waals surface area contributed by atoms with E-state index < -0.39 is 0 Å². The Morgan fingerprint density at radius 1 is 0.220 bits per heavy atom. The van der Waals surface area contributed by atoms with Crippen molar-refractivity contribution in [2.75, 3.05) is 0 Å². The van der Waals surface area contributed by atoms with E-state index in [1.54, 1.807) is 56.0 Å². The smallest absolute Gasteiger partial charge is 0.125 e. The molecule has 9 heterocycles. The van der Waals surface area contributed by atoms with Crippen LogP contribution >= 0.6 is 0 Å².